The van der Waals surface area contributed by atoms with Gasteiger partial charge in [0.15, 0.2) is 29.3 Å². The molecule has 3 aromatic heterocycles. The number of nitrogens with two attached hydrogens (primary N) is 1. The van der Waals surface area contributed by atoms with Gasteiger partial charge in [-0.25, -0.2) is 15.0 Å². The molecule has 4 atom stereocenters. The fourth-order valence-electron chi connectivity index (χ4n) is 3.41. The van der Waals surface area contributed by atoms with E-state index in [0.717, 1.165) is 5.56 Å². The predicted octanol–water partition coefficient (Wildman–Crippen LogP) is -1.49. The number of pyridine rings is 1. The maximum atomic E-state index is 12.5. The number of aryl methyl sites for hydroxylation is 1. The van der Waals surface area contributed by atoms with E-state index in [9.17, 15) is 15.0 Å². The molecule has 172 valence electrons. The highest BCUT2D eigenvalue weighted by molar-refractivity contribution is 5.82. The van der Waals surface area contributed by atoms with Crippen LogP contribution in [0.2, 0.25) is 0 Å². The van der Waals surface area contributed by atoms with Crippen LogP contribution in [0.25, 0.3) is 11.2 Å². The zero-order chi connectivity index (χ0) is 23.5. The molecule has 13 heteroatoms. The summed E-state index contributed by atoms with van der Waals surface area (Å²) >= 11 is 0. The number of aromatic nitrogens is 5. The highest BCUT2D eigenvalue weighted by atomic mass is 16.6. The summed E-state index contributed by atoms with van der Waals surface area (Å²) in [4.78, 5) is 27.4. The van der Waals surface area contributed by atoms with Crippen molar-refractivity contribution in [2.75, 3.05) is 12.3 Å². The Morgan fingerprint density at radius 3 is 2.94 bits per heavy atom. The monoisotopic (exact) mass is 454 g/mol. The molecule has 0 radical (unpaired) electrons. The lowest BCUT2D eigenvalue weighted by Gasteiger charge is -2.16. The lowest BCUT2D eigenvalue weighted by Crippen LogP contribution is -2.43. The number of ether oxygens (including phenoxy) is 1. The number of carbonyl (C=O) groups excluding carboxylic acids is 1. The molecule has 0 unspecified atom stereocenters. The number of nitrogen functional groups attached to an aromatic ring is 1. The number of aromatic amines is 1. The topological polar surface area (TPSA) is 197 Å². The minimum atomic E-state index is -1.46. The molecule has 0 bridgehead atoms. The van der Waals surface area contributed by atoms with Gasteiger partial charge in [0.2, 0.25) is 0 Å². The summed E-state index contributed by atoms with van der Waals surface area (Å²) in [6.07, 6.45) is -2.32. The molecular weight excluding hydrogens is 432 g/mol. The molecule has 1 saturated heterocycles. The van der Waals surface area contributed by atoms with Crippen molar-refractivity contribution in [2.45, 2.75) is 37.9 Å². The van der Waals surface area contributed by atoms with Gasteiger partial charge in [-0.05, 0) is 24.5 Å². The van der Waals surface area contributed by atoms with E-state index in [2.05, 4.69) is 42.2 Å². The second kappa shape index (κ2) is 9.25. The van der Waals surface area contributed by atoms with Gasteiger partial charge in [0.25, 0.3) is 5.91 Å². The normalized spacial score (nSPS) is 22.8. The largest absolute Gasteiger partial charge is 0.409 e. The molecule has 1 amide bonds. The van der Waals surface area contributed by atoms with Crippen LogP contribution >= 0.6 is 0 Å². The quantitative estimate of drug-likeness (QED) is 0.118. The van der Waals surface area contributed by atoms with E-state index >= 15 is 0 Å². The van der Waals surface area contributed by atoms with Crippen molar-refractivity contribution in [3.05, 3.63) is 41.5 Å². The standard InChI is InChI=1S/C20H22N8O5/c1-10-5-6-12(27-32)26-11(10)4-2-3-7-22-19(31)16-14(29)15(30)20(33-16)28-9-25-13-17(21)23-8-24-18(13)28/h5-6,8-9,14-16,20,29-30,32H,3,7H2,1H3,(H,22,31)(H,26,27)(H2,21,23,24)/t14-,15+,16-,20+/m0/s1. The van der Waals surface area contributed by atoms with Crippen molar-refractivity contribution in [3.8, 4) is 11.8 Å². The predicted molar refractivity (Wildman–Crippen MR) is 113 cm³/mol. The third kappa shape index (κ3) is 4.35. The van der Waals surface area contributed by atoms with Gasteiger partial charge in [0, 0.05) is 13.0 Å². The first-order chi connectivity index (χ1) is 15.9. The van der Waals surface area contributed by atoms with Gasteiger partial charge < -0.3 is 36.2 Å². The fraction of sp³-hybridized carbons (Fsp3) is 0.350. The van der Waals surface area contributed by atoms with Crippen LogP contribution in [0.3, 0.4) is 0 Å². The van der Waals surface area contributed by atoms with Crippen molar-refractivity contribution in [3.63, 3.8) is 0 Å². The molecule has 7 N–H and O–H groups in total. The summed E-state index contributed by atoms with van der Waals surface area (Å²) in [5.41, 5.74) is 8.14. The Morgan fingerprint density at radius 2 is 2.15 bits per heavy atom. The fourth-order valence-corrected chi connectivity index (χ4v) is 3.41. The minimum absolute atomic E-state index is 0.160. The van der Waals surface area contributed by atoms with Crippen molar-refractivity contribution < 1.29 is 25.0 Å². The summed E-state index contributed by atoms with van der Waals surface area (Å²) in [6, 6.07) is 3.38. The van der Waals surface area contributed by atoms with Crippen LogP contribution in [-0.2, 0) is 9.53 Å². The summed E-state index contributed by atoms with van der Waals surface area (Å²) < 4.78 is 7.04. The summed E-state index contributed by atoms with van der Waals surface area (Å²) in [5, 5.41) is 35.4. The van der Waals surface area contributed by atoms with Crippen molar-refractivity contribution >= 4 is 22.9 Å². The highest BCUT2D eigenvalue weighted by Crippen LogP contribution is 2.32. The number of aliphatic hydroxyl groups is 2. The van der Waals surface area contributed by atoms with Gasteiger partial charge in [-0.1, -0.05) is 17.1 Å². The number of aliphatic hydroxyl groups excluding tert-OH is 2. The van der Waals surface area contributed by atoms with Crippen LogP contribution < -0.4 is 16.5 Å². The molecule has 13 nitrogen and oxygen atoms in total. The Morgan fingerprint density at radius 1 is 1.33 bits per heavy atom. The Hall–Kier alpha value is -3.99. The van der Waals surface area contributed by atoms with E-state index in [-0.39, 0.29) is 17.9 Å². The molecule has 4 heterocycles. The lowest BCUT2D eigenvalue weighted by atomic mass is 10.1. The third-order valence-corrected chi connectivity index (χ3v) is 5.17. The number of anilines is 1. The number of rotatable bonds is 4. The number of hydrogen-bond donors (Lipinski definition) is 6. The molecule has 0 saturated carbocycles. The number of hydrogen-bond acceptors (Lipinski definition) is 10. The van der Waals surface area contributed by atoms with E-state index < -0.39 is 30.4 Å². The SMILES string of the molecule is Cc1cc/c(=N/O)[nH]c1C#CCCNC(=O)[C@H]1O[C@@H](n2cnc3c(N)ncnc32)[C@H](O)[C@@H]1O. The smallest absolute Gasteiger partial charge is 0.252 e. The molecule has 3 aromatic rings. The number of nitrogens with one attached hydrogen (secondary N) is 2. The van der Waals surface area contributed by atoms with Crippen LogP contribution in [0.1, 0.15) is 23.9 Å². The van der Waals surface area contributed by atoms with Crippen LogP contribution in [0, 0.1) is 18.8 Å². The van der Waals surface area contributed by atoms with Gasteiger partial charge in [-0.15, -0.1) is 0 Å². The summed E-state index contributed by atoms with van der Waals surface area (Å²) in [5.74, 6) is 5.39. The van der Waals surface area contributed by atoms with Gasteiger partial charge >= 0.3 is 0 Å². The van der Waals surface area contributed by atoms with Gasteiger partial charge in [-0.3, -0.25) is 9.36 Å². The maximum absolute atomic E-state index is 12.5. The molecule has 1 aliphatic rings. The summed E-state index contributed by atoms with van der Waals surface area (Å²) in [6.45, 7) is 2.05. The van der Waals surface area contributed by atoms with Crippen LogP contribution in [0.4, 0.5) is 5.82 Å². The molecule has 1 fully saturated rings. The number of amides is 1. The average Bonchev–Trinajstić information content (AvgIpc) is 3.36. The van der Waals surface area contributed by atoms with Gasteiger partial charge in [0.05, 0.1) is 12.0 Å². The minimum Gasteiger partial charge on any atom is -0.409 e. The van der Waals surface area contributed by atoms with Gasteiger partial charge in [0.1, 0.15) is 24.1 Å². The molecule has 0 spiro atoms. The number of imidazole rings is 1. The zero-order valence-corrected chi connectivity index (χ0v) is 17.5. The third-order valence-electron chi connectivity index (χ3n) is 5.17. The van der Waals surface area contributed by atoms with Crippen LogP contribution in [0.15, 0.2) is 29.9 Å². The second-order valence-corrected chi connectivity index (χ2v) is 7.36. The first-order valence-electron chi connectivity index (χ1n) is 10.00. The van der Waals surface area contributed by atoms with E-state index in [4.69, 9.17) is 15.7 Å². The number of fused-ring (bicyclic) bond motifs is 1. The molecule has 0 aromatic carbocycles. The van der Waals surface area contributed by atoms with E-state index in [0.29, 0.717) is 23.3 Å². The van der Waals surface area contributed by atoms with Crippen molar-refractivity contribution in [2.24, 2.45) is 5.16 Å². The Balaban J connectivity index is 1.38. The summed E-state index contributed by atoms with van der Waals surface area (Å²) in [7, 11) is 0. The maximum Gasteiger partial charge on any atom is 0.252 e. The van der Waals surface area contributed by atoms with Gasteiger partial charge in [-0.2, -0.15) is 0 Å². The van der Waals surface area contributed by atoms with E-state index in [1.807, 2.05) is 6.92 Å². The average molecular weight is 454 g/mol. The first-order valence-corrected chi connectivity index (χ1v) is 10.00. The number of carbonyl (C=O) groups is 1. The number of H-pyrrole nitrogens is 1. The second-order valence-electron chi connectivity index (χ2n) is 7.36. The highest BCUT2D eigenvalue weighted by Gasteiger charge is 2.47. The van der Waals surface area contributed by atoms with E-state index in [1.54, 1.807) is 12.1 Å². The molecule has 33 heavy (non-hydrogen) atoms. The molecular formula is C20H22N8O5. The van der Waals surface area contributed by atoms with E-state index in [1.165, 1.54) is 17.2 Å². The van der Waals surface area contributed by atoms with Crippen LogP contribution in [0.5, 0.6) is 0 Å². The Kier molecular flexibility index (Phi) is 6.22. The molecule has 4 rings (SSSR count). The zero-order valence-electron chi connectivity index (χ0n) is 17.5. The lowest BCUT2D eigenvalue weighted by molar-refractivity contribution is -0.137. The molecule has 0 aliphatic carbocycles. The van der Waals surface area contributed by atoms with Crippen LogP contribution in [-0.4, -0.2) is 70.7 Å². The Bertz CT molecular complexity index is 1310. The first kappa shape index (κ1) is 22.2. The van der Waals surface area contributed by atoms with Crippen molar-refractivity contribution in [1.82, 2.24) is 29.8 Å². The molecule has 1 aliphatic heterocycles. The van der Waals surface area contributed by atoms with Crippen molar-refractivity contribution in [1.29, 1.82) is 0 Å². The Labute approximate surface area is 187 Å². The number of nitrogens with zero attached hydrogens (tertiary/aromatic N) is 5.